The number of hydrogen-bond acceptors (Lipinski definition) is 3. The highest BCUT2D eigenvalue weighted by atomic mass is 15.0. The molecule has 0 atom stereocenters. The zero-order valence-electron chi connectivity index (χ0n) is 16.7. The molecule has 4 nitrogen and oxygen atoms in total. The Bertz CT molecular complexity index is 1410. The van der Waals surface area contributed by atoms with Crippen LogP contribution in [0.5, 0.6) is 0 Å². The molecular formula is C27H18N4. The molecule has 0 N–H and O–H groups in total. The number of rotatable bonds is 3. The first-order valence-electron chi connectivity index (χ1n) is 10.2. The van der Waals surface area contributed by atoms with Crippen LogP contribution in [0.25, 0.3) is 50.0 Å². The molecule has 0 amide bonds. The fourth-order valence-corrected chi connectivity index (χ4v) is 4.19. The minimum absolute atomic E-state index is 0.911. The molecule has 0 spiro atoms. The van der Waals surface area contributed by atoms with Crippen LogP contribution in [-0.2, 0) is 0 Å². The lowest BCUT2D eigenvalue weighted by Crippen LogP contribution is -1.98. The predicted octanol–water partition coefficient (Wildman–Crippen LogP) is 6.30. The van der Waals surface area contributed by atoms with Crippen LogP contribution in [0.3, 0.4) is 0 Å². The van der Waals surface area contributed by atoms with Crippen molar-refractivity contribution < 1.29 is 0 Å². The maximum atomic E-state index is 4.98. The summed E-state index contributed by atoms with van der Waals surface area (Å²) in [4.78, 5) is 13.3. The van der Waals surface area contributed by atoms with Gasteiger partial charge in [-0.3, -0.25) is 9.97 Å². The summed E-state index contributed by atoms with van der Waals surface area (Å²) in [6.45, 7) is 0. The summed E-state index contributed by atoms with van der Waals surface area (Å²) in [7, 11) is 0. The van der Waals surface area contributed by atoms with Gasteiger partial charge in [0, 0.05) is 46.7 Å². The van der Waals surface area contributed by atoms with Crippen molar-refractivity contribution in [3.8, 4) is 28.2 Å². The monoisotopic (exact) mass is 398 g/mol. The highest BCUT2D eigenvalue weighted by Gasteiger charge is 2.14. The highest BCUT2D eigenvalue weighted by molar-refractivity contribution is 6.09. The SMILES string of the molecule is c1ccc2c(c1)c1ccccc1n2-c1cc(-c2ccncc2)nc(-c2ccncc2)c1. The number of aromatic nitrogens is 4. The average molecular weight is 398 g/mol. The lowest BCUT2D eigenvalue weighted by molar-refractivity contribution is 1.16. The van der Waals surface area contributed by atoms with Gasteiger partial charge in [-0.25, -0.2) is 4.98 Å². The van der Waals surface area contributed by atoms with Crippen molar-refractivity contribution in [1.29, 1.82) is 0 Å². The average Bonchev–Trinajstić information content (AvgIpc) is 3.19. The molecule has 0 fully saturated rings. The lowest BCUT2D eigenvalue weighted by Gasteiger charge is -2.13. The van der Waals surface area contributed by atoms with Crippen molar-refractivity contribution in [2.45, 2.75) is 0 Å². The zero-order valence-corrected chi connectivity index (χ0v) is 16.7. The Labute approximate surface area is 179 Å². The summed E-state index contributed by atoms with van der Waals surface area (Å²) in [5, 5.41) is 2.48. The second-order valence-corrected chi connectivity index (χ2v) is 7.44. The molecule has 4 heterocycles. The van der Waals surface area contributed by atoms with Crippen LogP contribution in [0.15, 0.2) is 110 Å². The van der Waals surface area contributed by atoms with E-state index in [1.165, 1.54) is 21.8 Å². The molecule has 0 aliphatic carbocycles. The highest BCUT2D eigenvalue weighted by Crippen LogP contribution is 2.34. The van der Waals surface area contributed by atoms with E-state index >= 15 is 0 Å². The van der Waals surface area contributed by atoms with Gasteiger partial charge < -0.3 is 4.57 Å². The van der Waals surface area contributed by atoms with Gasteiger partial charge in [-0.2, -0.15) is 0 Å². The summed E-state index contributed by atoms with van der Waals surface area (Å²) in [6, 6.07) is 29.4. The Hall–Kier alpha value is -4.31. The van der Waals surface area contributed by atoms with Gasteiger partial charge >= 0.3 is 0 Å². The normalized spacial score (nSPS) is 11.2. The Morgan fingerprint density at radius 3 is 1.45 bits per heavy atom. The Balaban J connectivity index is 1.69. The summed E-state index contributed by atoms with van der Waals surface area (Å²) >= 11 is 0. The number of pyridine rings is 3. The Morgan fingerprint density at radius 1 is 0.516 bits per heavy atom. The number of benzene rings is 2. The summed E-state index contributed by atoms with van der Waals surface area (Å²) in [5.74, 6) is 0. The van der Waals surface area contributed by atoms with Crippen molar-refractivity contribution >= 4 is 21.8 Å². The van der Waals surface area contributed by atoms with Gasteiger partial charge in [0.05, 0.1) is 28.1 Å². The molecule has 0 bridgehead atoms. The molecule has 0 saturated carbocycles. The van der Waals surface area contributed by atoms with Crippen LogP contribution >= 0.6 is 0 Å². The molecule has 0 aliphatic rings. The maximum absolute atomic E-state index is 4.98. The van der Waals surface area contributed by atoms with E-state index in [-0.39, 0.29) is 0 Å². The van der Waals surface area contributed by atoms with Crippen molar-refractivity contribution in [1.82, 2.24) is 19.5 Å². The lowest BCUT2D eigenvalue weighted by atomic mass is 10.1. The summed E-state index contributed by atoms with van der Waals surface area (Å²) in [5.41, 5.74) is 7.32. The van der Waals surface area contributed by atoms with Gasteiger partial charge in [0.25, 0.3) is 0 Å². The molecule has 6 rings (SSSR count). The number of para-hydroxylation sites is 2. The van der Waals surface area contributed by atoms with E-state index in [4.69, 9.17) is 4.98 Å². The molecule has 4 aromatic heterocycles. The second-order valence-electron chi connectivity index (χ2n) is 7.44. The zero-order chi connectivity index (χ0) is 20.6. The molecule has 2 aromatic carbocycles. The van der Waals surface area contributed by atoms with Gasteiger partial charge in [-0.1, -0.05) is 36.4 Å². The molecule has 0 saturated heterocycles. The minimum atomic E-state index is 0.911. The third kappa shape index (κ3) is 2.97. The van der Waals surface area contributed by atoms with Crippen molar-refractivity contribution in [3.63, 3.8) is 0 Å². The van der Waals surface area contributed by atoms with E-state index < -0.39 is 0 Å². The quantitative estimate of drug-likeness (QED) is 0.351. The number of hydrogen-bond donors (Lipinski definition) is 0. The smallest absolute Gasteiger partial charge is 0.0731 e. The third-order valence-electron chi connectivity index (χ3n) is 5.60. The van der Waals surface area contributed by atoms with Crippen molar-refractivity contribution in [3.05, 3.63) is 110 Å². The molecule has 31 heavy (non-hydrogen) atoms. The number of nitrogens with zero attached hydrogens (tertiary/aromatic N) is 4. The maximum Gasteiger partial charge on any atom is 0.0731 e. The third-order valence-corrected chi connectivity index (χ3v) is 5.60. The van der Waals surface area contributed by atoms with E-state index in [2.05, 4.69) is 75.2 Å². The van der Waals surface area contributed by atoms with Crippen LogP contribution < -0.4 is 0 Å². The molecule has 6 aromatic rings. The van der Waals surface area contributed by atoms with E-state index in [1.54, 1.807) is 24.8 Å². The Kier molecular flexibility index (Phi) is 4.06. The first-order valence-corrected chi connectivity index (χ1v) is 10.2. The fourth-order valence-electron chi connectivity index (χ4n) is 4.19. The van der Waals surface area contributed by atoms with Crippen molar-refractivity contribution in [2.24, 2.45) is 0 Å². The van der Waals surface area contributed by atoms with Gasteiger partial charge in [-0.05, 0) is 48.5 Å². The number of fused-ring (bicyclic) bond motifs is 3. The second kappa shape index (κ2) is 7.18. The summed E-state index contributed by atoms with van der Waals surface area (Å²) < 4.78 is 2.32. The first kappa shape index (κ1) is 17.5. The standard InChI is InChI=1S/C27H18N4/c1-3-7-26-22(5-1)23-6-2-4-8-27(23)31(26)21-17-24(19-9-13-28-14-10-19)30-25(18-21)20-11-15-29-16-12-20/h1-18H. The van der Waals surface area contributed by atoms with E-state index in [0.717, 1.165) is 28.2 Å². The van der Waals surface area contributed by atoms with Crippen LogP contribution in [0, 0.1) is 0 Å². The Morgan fingerprint density at radius 2 is 0.968 bits per heavy atom. The topological polar surface area (TPSA) is 43.6 Å². The van der Waals surface area contributed by atoms with E-state index in [0.29, 0.717) is 0 Å². The van der Waals surface area contributed by atoms with E-state index in [9.17, 15) is 0 Å². The van der Waals surface area contributed by atoms with Crippen LogP contribution in [0.1, 0.15) is 0 Å². The van der Waals surface area contributed by atoms with Gasteiger partial charge in [0.1, 0.15) is 0 Å². The van der Waals surface area contributed by atoms with Crippen molar-refractivity contribution in [2.75, 3.05) is 0 Å². The van der Waals surface area contributed by atoms with Gasteiger partial charge in [-0.15, -0.1) is 0 Å². The predicted molar refractivity (Wildman–Crippen MR) is 125 cm³/mol. The summed E-state index contributed by atoms with van der Waals surface area (Å²) in [6.07, 6.45) is 7.21. The molecule has 4 heteroatoms. The first-order chi connectivity index (χ1) is 15.4. The molecule has 0 unspecified atom stereocenters. The fraction of sp³-hybridized carbons (Fsp3) is 0. The molecule has 0 radical (unpaired) electrons. The van der Waals surface area contributed by atoms with E-state index in [1.807, 2.05) is 24.3 Å². The molecule has 0 aliphatic heterocycles. The van der Waals surface area contributed by atoms with Crippen LogP contribution in [0.4, 0.5) is 0 Å². The minimum Gasteiger partial charge on any atom is -0.309 e. The van der Waals surface area contributed by atoms with Crippen LogP contribution in [0.2, 0.25) is 0 Å². The molecule has 146 valence electrons. The van der Waals surface area contributed by atoms with Crippen LogP contribution in [-0.4, -0.2) is 19.5 Å². The van der Waals surface area contributed by atoms with Gasteiger partial charge in [0.2, 0.25) is 0 Å². The largest absolute Gasteiger partial charge is 0.309 e. The molecular weight excluding hydrogens is 380 g/mol. The van der Waals surface area contributed by atoms with Gasteiger partial charge in [0.15, 0.2) is 0 Å².